The summed E-state index contributed by atoms with van der Waals surface area (Å²) in [6.07, 6.45) is -0.188. The minimum atomic E-state index is -0.0786. The lowest BCUT2D eigenvalue weighted by atomic mass is 9.99. The SMILES string of the molecule is c1ccc(C2NC(c3cccc4c3sc3cc(-c5cccc6c5sc5ccccc56)ccc34)NC(c3cccc4sc5ccccc5c34)N2)cc1. The predicted molar refractivity (Wildman–Crippen MR) is 221 cm³/mol. The van der Waals surface area contributed by atoms with E-state index in [9.17, 15) is 0 Å². The Hall–Kier alpha value is -4.92. The third-order valence-electron chi connectivity index (χ3n) is 10.4. The van der Waals surface area contributed by atoms with Crippen molar-refractivity contribution in [2.75, 3.05) is 0 Å². The summed E-state index contributed by atoms with van der Waals surface area (Å²) in [5.74, 6) is 0. The summed E-state index contributed by atoms with van der Waals surface area (Å²) in [7, 11) is 0. The minimum absolute atomic E-state index is 0.0411. The predicted octanol–water partition coefficient (Wildman–Crippen LogP) is 12.6. The van der Waals surface area contributed by atoms with Crippen LogP contribution in [0.3, 0.4) is 0 Å². The number of rotatable bonds is 4. The van der Waals surface area contributed by atoms with Crippen molar-refractivity contribution >= 4 is 94.5 Å². The molecule has 244 valence electrons. The highest BCUT2D eigenvalue weighted by Gasteiger charge is 2.32. The number of hydrogen-bond donors (Lipinski definition) is 3. The van der Waals surface area contributed by atoms with Crippen molar-refractivity contribution in [2.45, 2.75) is 18.5 Å². The van der Waals surface area contributed by atoms with Gasteiger partial charge in [0, 0.05) is 66.1 Å². The first kappa shape index (κ1) is 29.8. The first-order chi connectivity index (χ1) is 25.3. The monoisotopic (exact) mass is 709 g/mol. The molecule has 6 heteroatoms. The van der Waals surface area contributed by atoms with Crippen LogP contribution in [0.4, 0.5) is 0 Å². The zero-order valence-corrected chi connectivity index (χ0v) is 29.8. The fraction of sp³-hybridized carbons (Fsp3) is 0.0667. The van der Waals surface area contributed by atoms with Crippen LogP contribution >= 0.6 is 34.0 Å². The highest BCUT2D eigenvalue weighted by molar-refractivity contribution is 7.27. The summed E-state index contributed by atoms with van der Waals surface area (Å²) >= 11 is 5.67. The number of hydrogen-bond acceptors (Lipinski definition) is 6. The third-order valence-corrected chi connectivity index (χ3v) is 14.0. The Bertz CT molecular complexity index is 2940. The molecule has 3 aromatic heterocycles. The zero-order chi connectivity index (χ0) is 33.5. The summed E-state index contributed by atoms with van der Waals surface area (Å²) in [5, 5.41) is 19.9. The van der Waals surface area contributed by atoms with Gasteiger partial charge in [0.05, 0.1) is 18.5 Å². The molecule has 10 aromatic rings. The average molecular weight is 710 g/mol. The van der Waals surface area contributed by atoms with Crippen molar-refractivity contribution in [3.8, 4) is 11.1 Å². The van der Waals surface area contributed by atoms with Gasteiger partial charge in [0.1, 0.15) is 0 Å². The third kappa shape index (κ3) is 4.80. The van der Waals surface area contributed by atoms with Crippen LogP contribution in [0.15, 0.2) is 152 Å². The van der Waals surface area contributed by atoms with E-state index in [2.05, 4.69) is 168 Å². The van der Waals surface area contributed by atoms with Crippen molar-refractivity contribution in [1.82, 2.24) is 16.0 Å². The van der Waals surface area contributed by atoms with E-state index in [0.717, 1.165) is 0 Å². The van der Waals surface area contributed by atoms with Crippen LogP contribution in [-0.2, 0) is 0 Å². The molecule has 51 heavy (non-hydrogen) atoms. The summed E-state index contributed by atoms with van der Waals surface area (Å²) in [5.41, 5.74) is 6.35. The molecule has 1 fully saturated rings. The second-order valence-corrected chi connectivity index (χ2v) is 16.5. The normalized spacial score (nSPS) is 18.2. The fourth-order valence-corrected chi connectivity index (χ4v) is 11.7. The maximum absolute atomic E-state index is 4.03. The Morgan fingerprint density at radius 1 is 0.373 bits per heavy atom. The Kier molecular flexibility index (Phi) is 6.90. The van der Waals surface area contributed by atoms with E-state index in [1.165, 1.54) is 88.3 Å². The molecule has 3 nitrogen and oxygen atoms in total. The van der Waals surface area contributed by atoms with Gasteiger partial charge in [-0.05, 0) is 46.5 Å². The van der Waals surface area contributed by atoms with Crippen molar-refractivity contribution < 1.29 is 0 Å². The summed E-state index contributed by atoms with van der Waals surface area (Å²) in [6, 6.07) is 55.7. The number of nitrogens with one attached hydrogen (secondary N) is 3. The van der Waals surface area contributed by atoms with Gasteiger partial charge >= 0.3 is 0 Å². The number of fused-ring (bicyclic) bond motifs is 9. The minimum Gasteiger partial charge on any atom is -0.279 e. The van der Waals surface area contributed by atoms with E-state index in [1.807, 2.05) is 34.0 Å². The molecule has 0 aliphatic carbocycles. The second kappa shape index (κ2) is 11.8. The molecule has 1 aliphatic rings. The van der Waals surface area contributed by atoms with Gasteiger partial charge in [-0.1, -0.05) is 127 Å². The van der Waals surface area contributed by atoms with Crippen LogP contribution in [0.1, 0.15) is 35.2 Å². The van der Waals surface area contributed by atoms with Crippen molar-refractivity contribution in [3.05, 3.63) is 168 Å². The lowest BCUT2D eigenvalue weighted by Crippen LogP contribution is -2.54. The highest BCUT2D eigenvalue weighted by atomic mass is 32.1. The standard InChI is InChI=1S/C45H31N3S3/c1-2-11-26(12-3-1)43-46-44(34-18-10-22-38-40(34)33-14-5-7-21-37(33)49-38)48-45(47-43)35-19-9-17-32-30-24-23-27(25-39(30)51-42(32)35)28-15-8-16-31-29-13-4-6-20-36(29)50-41(28)31/h1-25,43-48H. The quantitative estimate of drug-likeness (QED) is 0.170. The van der Waals surface area contributed by atoms with Gasteiger partial charge in [-0.25, -0.2) is 0 Å². The fourth-order valence-electron chi connectivity index (χ4n) is 8.07. The molecular formula is C45H31N3S3. The van der Waals surface area contributed by atoms with Crippen LogP contribution in [-0.4, -0.2) is 0 Å². The molecule has 0 spiro atoms. The van der Waals surface area contributed by atoms with Gasteiger partial charge in [-0.15, -0.1) is 34.0 Å². The molecule has 3 unspecified atom stereocenters. The lowest BCUT2D eigenvalue weighted by Gasteiger charge is -2.40. The first-order valence-electron chi connectivity index (χ1n) is 17.4. The number of benzene rings is 7. The van der Waals surface area contributed by atoms with Crippen LogP contribution in [0.2, 0.25) is 0 Å². The maximum atomic E-state index is 4.03. The molecule has 1 aliphatic heterocycles. The van der Waals surface area contributed by atoms with Crippen LogP contribution < -0.4 is 16.0 Å². The molecule has 0 radical (unpaired) electrons. The zero-order valence-electron chi connectivity index (χ0n) is 27.4. The van der Waals surface area contributed by atoms with E-state index in [0.29, 0.717) is 0 Å². The van der Waals surface area contributed by atoms with Crippen LogP contribution in [0, 0.1) is 0 Å². The highest BCUT2D eigenvalue weighted by Crippen LogP contribution is 2.45. The molecule has 0 saturated carbocycles. The first-order valence-corrected chi connectivity index (χ1v) is 19.8. The van der Waals surface area contributed by atoms with Crippen LogP contribution in [0.25, 0.3) is 71.6 Å². The lowest BCUT2D eigenvalue weighted by molar-refractivity contribution is 0.205. The van der Waals surface area contributed by atoms with E-state index in [1.54, 1.807) is 0 Å². The number of thiophene rings is 3. The molecule has 0 amide bonds. The molecule has 1 saturated heterocycles. The Morgan fingerprint density at radius 2 is 0.961 bits per heavy atom. The Balaban J connectivity index is 1.04. The molecule has 3 atom stereocenters. The molecule has 0 bridgehead atoms. The average Bonchev–Trinajstić information content (AvgIpc) is 3.89. The largest absolute Gasteiger partial charge is 0.279 e. The molecule has 4 heterocycles. The van der Waals surface area contributed by atoms with Gasteiger partial charge in [0.2, 0.25) is 0 Å². The van der Waals surface area contributed by atoms with Crippen molar-refractivity contribution in [3.63, 3.8) is 0 Å². The van der Waals surface area contributed by atoms with Crippen molar-refractivity contribution in [1.29, 1.82) is 0 Å². The van der Waals surface area contributed by atoms with E-state index >= 15 is 0 Å². The second-order valence-electron chi connectivity index (χ2n) is 13.3. The Morgan fingerprint density at radius 3 is 1.82 bits per heavy atom. The van der Waals surface area contributed by atoms with E-state index in [-0.39, 0.29) is 18.5 Å². The molecular weight excluding hydrogens is 679 g/mol. The van der Waals surface area contributed by atoms with Gasteiger partial charge in [-0.3, -0.25) is 16.0 Å². The van der Waals surface area contributed by atoms with Gasteiger partial charge in [0.25, 0.3) is 0 Å². The van der Waals surface area contributed by atoms with Gasteiger partial charge in [-0.2, -0.15) is 0 Å². The van der Waals surface area contributed by atoms with E-state index < -0.39 is 0 Å². The summed E-state index contributed by atoms with van der Waals surface area (Å²) < 4.78 is 7.97. The maximum Gasteiger partial charge on any atom is 0.0878 e. The smallest absolute Gasteiger partial charge is 0.0878 e. The van der Waals surface area contributed by atoms with Gasteiger partial charge in [0.15, 0.2) is 0 Å². The topological polar surface area (TPSA) is 36.1 Å². The molecule has 11 rings (SSSR count). The summed E-state index contributed by atoms with van der Waals surface area (Å²) in [4.78, 5) is 0. The van der Waals surface area contributed by atoms with E-state index in [4.69, 9.17) is 0 Å². The molecule has 3 N–H and O–H groups in total. The van der Waals surface area contributed by atoms with Gasteiger partial charge < -0.3 is 0 Å². The molecule has 7 aromatic carbocycles. The van der Waals surface area contributed by atoms with Crippen LogP contribution in [0.5, 0.6) is 0 Å². The summed E-state index contributed by atoms with van der Waals surface area (Å²) in [6.45, 7) is 0. The van der Waals surface area contributed by atoms with Crippen molar-refractivity contribution in [2.24, 2.45) is 0 Å². The Labute approximate surface area is 306 Å².